The molecular formula is C20H19ClFN5O5. The SMILES string of the molecule is Cc1cnc2[nH]c(=O)n(CC(=O)NC[C@H](NC(=O)c3c(Cl)ccc(C)c3F)C(=O)O)c2c1. The van der Waals surface area contributed by atoms with Gasteiger partial charge in [-0.05, 0) is 37.1 Å². The number of carboxylic acids is 1. The van der Waals surface area contributed by atoms with Gasteiger partial charge in [0.05, 0.1) is 16.1 Å². The Hall–Kier alpha value is -3.73. The molecule has 0 saturated heterocycles. The van der Waals surface area contributed by atoms with Gasteiger partial charge in [-0.1, -0.05) is 17.7 Å². The molecule has 2 aromatic heterocycles. The van der Waals surface area contributed by atoms with Gasteiger partial charge < -0.3 is 15.7 Å². The Morgan fingerprint density at radius 3 is 2.72 bits per heavy atom. The number of carbonyl (C=O) groups excluding carboxylic acids is 2. The number of aryl methyl sites for hydroxylation is 2. The van der Waals surface area contributed by atoms with E-state index in [1.165, 1.54) is 19.1 Å². The van der Waals surface area contributed by atoms with Crippen molar-refractivity contribution in [2.75, 3.05) is 6.54 Å². The predicted octanol–water partition coefficient (Wildman–Crippen LogP) is 1.13. The number of nitrogens with zero attached hydrogens (tertiary/aromatic N) is 2. The molecule has 4 N–H and O–H groups in total. The number of hydrogen-bond acceptors (Lipinski definition) is 5. The first-order valence-electron chi connectivity index (χ1n) is 9.38. The Morgan fingerprint density at radius 1 is 1.31 bits per heavy atom. The van der Waals surface area contributed by atoms with E-state index in [9.17, 15) is 28.7 Å². The third kappa shape index (κ3) is 4.78. The summed E-state index contributed by atoms with van der Waals surface area (Å²) in [4.78, 5) is 55.0. The molecule has 0 bridgehead atoms. The number of imidazole rings is 1. The van der Waals surface area contributed by atoms with Crippen LogP contribution in [-0.4, -0.2) is 50.0 Å². The molecule has 0 saturated carbocycles. The zero-order valence-electron chi connectivity index (χ0n) is 17.0. The van der Waals surface area contributed by atoms with E-state index in [1.807, 2.05) is 0 Å². The molecule has 0 fully saturated rings. The molecule has 168 valence electrons. The summed E-state index contributed by atoms with van der Waals surface area (Å²) in [5.41, 5.74) is 0.618. The van der Waals surface area contributed by atoms with Gasteiger partial charge in [-0.25, -0.2) is 19.0 Å². The van der Waals surface area contributed by atoms with Crippen LogP contribution in [0.15, 0.2) is 29.2 Å². The van der Waals surface area contributed by atoms with Gasteiger partial charge in [-0.2, -0.15) is 0 Å². The van der Waals surface area contributed by atoms with Crippen LogP contribution in [0, 0.1) is 19.7 Å². The molecule has 0 spiro atoms. The first-order chi connectivity index (χ1) is 15.1. The first-order valence-corrected chi connectivity index (χ1v) is 9.76. The number of H-pyrrole nitrogens is 1. The highest BCUT2D eigenvalue weighted by atomic mass is 35.5. The maximum absolute atomic E-state index is 14.3. The fourth-order valence-corrected chi connectivity index (χ4v) is 3.23. The predicted molar refractivity (Wildman–Crippen MR) is 113 cm³/mol. The molecule has 0 unspecified atom stereocenters. The van der Waals surface area contributed by atoms with Crippen LogP contribution >= 0.6 is 11.6 Å². The van der Waals surface area contributed by atoms with Crippen LogP contribution in [0.25, 0.3) is 11.2 Å². The molecule has 2 heterocycles. The second kappa shape index (κ2) is 9.18. The molecule has 10 nitrogen and oxygen atoms in total. The summed E-state index contributed by atoms with van der Waals surface area (Å²) in [6.45, 7) is 2.31. The van der Waals surface area contributed by atoms with E-state index in [0.717, 1.165) is 10.1 Å². The van der Waals surface area contributed by atoms with Crippen molar-refractivity contribution >= 4 is 40.5 Å². The number of carboxylic acid groups (broad SMARTS) is 1. The number of aliphatic carboxylic acids is 1. The fraction of sp³-hybridized carbons (Fsp3) is 0.250. The molecule has 0 radical (unpaired) electrons. The van der Waals surface area contributed by atoms with Crippen LogP contribution in [0.2, 0.25) is 5.02 Å². The Morgan fingerprint density at radius 2 is 2.03 bits per heavy atom. The van der Waals surface area contributed by atoms with Gasteiger partial charge in [0.2, 0.25) is 5.91 Å². The molecule has 0 aliphatic carbocycles. The highest BCUT2D eigenvalue weighted by Gasteiger charge is 2.25. The van der Waals surface area contributed by atoms with Crippen molar-refractivity contribution in [2.24, 2.45) is 0 Å². The molecule has 12 heteroatoms. The number of hydrogen-bond donors (Lipinski definition) is 4. The molecule has 0 aliphatic heterocycles. The van der Waals surface area contributed by atoms with Crippen LogP contribution in [0.5, 0.6) is 0 Å². The first kappa shape index (κ1) is 22.9. The second-order valence-corrected chi connectivity index (χ2v) is 7.53. The summed E-state index contributed by atoms with van der Waals surface area (Å²) in [6, 6.07) is 2.81. The van der Waals surface area contributed by atoms with Gasteiger partial charge in [0.1, 0.15) is 18.4 Å². The van der Waals surface area contributed by atoms with Gasteiger partial charge in [-0.3, -0.25) is 19.1 Å². The summed E-state index contributed by atoms with van der Waals surface area (Å²) >= 11 is 5.88. The fourth-order valence-electron chi connectivity index (χ4n) is 3.00. The van der Waals surface area contributed by atoms with Gasteiger partial charge >= 0.3 is 11.7 Å². The summed E-state index contributed by atoms with van der Waals surface area (Å²) in [5, 5.41) is 13.7. The van der Waals surface area contributed by atoms with Crippen molar-refractivity contribution in [1.82, 2.24) is 25.2 Å². The van der Waals surface area contributed by atoms with Gasteiger partial charge in [-0.15, -0.1) is 0 Å². The van der Waals surface area contributed by atoms with E-state index < -0.39 is 54.0 Å². The number of halogens is 2. The zero-order chi connectivity index (χ0) is 23.6. The number of pyridine rings is 1. The van der Waals surface area contributed by atoms with Crippen LogP contribution in [-0.2, 0) is 16.1 Å². The number of nitrogens with one attached hydrogen (secondary N) is 3. The Kier molecular flexibility index (Phi) is 6.58. The lowest BCUT2D eigenvalue weighted by Crippen LogP contribution is -2.49. The molecular weight excluding hydrogens is 445 g/mol. The van der Waals surface area contributed by atoms with E-state index in [4.69, 9.17) is 11.6 Å². The molecule has 3 aromatic rings. The molecule has 32 heavy (non-hydrogen) atoms. The molecule has 2 amide bonds. The molecule has 3 rings (SSSR count). The van der Waals surface area contributed by atoms with Crippen LogP contribution in [0.3, 0.4) is 0 Å². The van der Waals surface area contributed by atoms with E-state index in [2.05, 4.69) is 20.6 Å². The lowest BCUT2D eigenvalue weighted by Gasteiger charge is -2.16. The quantitative estimate of drug-likeness (QED) is 0.413. The van der Waals surface area contributed by atoms with Crippen LogP contribution in [0.1, 0.15) is 21.5 Å². The van der Waals surface area contributed by atoms with Crippen LogP contribution in [0.4, 0.5) is 4.39 Å². The van der Waals surface area contributed by atoms with E-state index in [1.54, 1.807) is 19.2 Å². The smallest absolute Gasteiger partial charge is 0.328 e. The largest absolute Gasteiger partial charge is 0.480 e. The highest BCUT2D eigenvalue weighted by molar-refractivity contribution is 6.34. The molecule has 1 aromatic carbocycles. The number of fused-ring (bicyclic) bond motifs is 1. The van der Waals surface area contributed by atoms with E-state index >= 15 is 0 Å². The number of aromatic nitrogens is 3. The van der Waals surface area contributed by atoms with Gasteiger partial charge in [0.25, 0.3) is 5.91 Å². The normalized spacial score (nSPS) is 11.9. The van der Waals surface area contributed by atoms with Crippen molar-refractivity contribution in [2.45, 2.75) is 26.4 Å². The van der Waals surface area contributed by atoms with Crippen molar-refractivity contribution in [3.8, 4) is 0 Å². The Bertz CT molecular complexity index is 1290. The van der Waals surface area contributed by atoms with Crippen LogP contribution < -0.4 is 16.3 Å². The van der Waals surface area contributed by atoms with Crippen molar-refractivity contribution < 1.29 is 23.9 Å². The Labute approximate surface area is 185 Å². The average Bonchev–Trinajstić information content (AvgIpc) is 3.02. The lowest BCUT2D eigenvalue weighted by molar-refractivity contribution is -0.139. The van der Waals surface area contributed by atoms with Crippen molar-refractivity contribution in [1.29, 1.82) is 0 Å². The third-order valence-corrected chi connectivity index (χ3v) is 5.00. The minimum absolute atomic E-state index is 0.161. The number of rotatable bonds is 7. The van der Waals surface area contributed by atoms with Gasteiger partial charge in [0.15, 0.2) is 5.65 Å². The average molecular weight is 464 g/mol. The van der Waals surface area contributed by atoms with E-state index in [0.29, 0.717) is 11.2 Å². The maximum atomic E-state index is 14.3. The summed E-state index contributed by atoms with van der Waals surface area (Å²) in [6.07, 6.45) is 1.56. The van der Waals surface area contributed by atoms with Gasteiger partial charge in [0, 0.05) is 12.7 Å². The highest BCUT2D eigenvalue weighted by Crippen LogP contribution is 2.22. The summed E-state index contributed by atoms with van der Waals surface area (Å²) in [7, 11) is 0. The van der Waals surface area contributed by atoms with Crippen molar-refractivity contribution in [3.63, 3.8) is 0 Å². The standard InChI is InChI=1S/C20H19ClFN5O5/c1-9-5-13-17(24-6-9)26-20(32)27(13)8-14(28)23-7-12(19(30)31)25-18(29)15-11(21)4-3-10(2)16(15)22/h3-6,12H,7-8H2,1-2H3,(H,23,28)(H,25,29)(H,30,31)(H,24,26,32)/t12-/m0/s1. The number of carbonyl (C=O) groups is 3. The summed E-state index contributed by atoms with van der Waals surface area (Å²) < 4.78 is 15.4. The Balaban J connectivity index is 1.70. The van der Waals surface area contributed by atoms with Crippen molar-refractivity contribution in [3.05, 3.63) is 62.4 Å². The minimum atomic E-state index is -1.56. The number of amides is 2. The summed E-state index contributed by atoms with van der Waals surface area (Å²) in [5.74, 6) is -4.03. The third-order valence-electron chi connectivity index (χ3n) is 4.69. The van der Waals surface area contributed by atoms with E-state index in [-0.39, 0.29) is 10.6 Å². The second-order valence-electron chi connectivity index (χ2n) is 7.12. The molecule has 0 aliphatic rings. The molecule has 1 atom stereocenters. The lowest BCUT2D eigenvalue weighted by atomic mass is 10.1. The minimum Gasteiger partial charge on any atom is -0.480 e. The topological polar surface area (TPSA) is 146 Å². The maximum Gasteiger partial charge on any atom is 0.328 e. The number of aromatic amines is 1. The number of benzene rings is 1. The zero-order valence-corrected chi connectivity index (χ0v) is 17.8. The monoisotopic (exact) mass is 463 g/mol.